The van der Waals surface area contributed by atoms with Crippen molar-refractivity contribution in [3.05, 3.63) is 65.5 Å². The summed E-state index contributed by atoms with van der Waals surface area (Å²) >= 11 is 0. The van der Waals surface area contributed by atoms with Crippen LogP contribution < -0.4 is 0 Å². The van der Waals surface area contributed by atoms with Gasteiger partial charge in [0.1, 0.15) is 5.82 Å². The number of carboxylic acids is 1. The van der Waals surface area contributed by atoms with Gasteiger partial charge in [-0.2, -0.15) is 5.10 Å². The molecule has 0 atom stereocenters. The summed E-state index contributed by atoms with van der Waals surface area (Å²) in [5.74, 6) is 1.64. The molecule has 2 heterocycles. The Hall–Kier alpha value is -3.02. The van der Waals surface area contributed by atoms with E-state index in [1.807, 2.05) is 12.1 Å². The lowest BCUT2D eigenvalue weighted by atomic mass is 9.89. The van der Waals surface area contributed by atoms with Crippen LogP contribution in [-0.2, 0) is 13.0 Å². The molecule has 1 saturated carbocycles. The molecule has 0 aliphatic heterocycles. The average molecular weight is 433 g/mol. The Balaban J connectivity index is 1.55. The van der Waals surface area contributed by atoms with E-state index in [9.17, 15) is 9.90 Å². The SMILES string of the molecule is CCCCCc1nc(C2CCCCC2)nn1Cc1ccc(-c2ccncc2C(=O)O)cc1. The van der Waals surface area contributed by atoms with Gasteiger partial charge in [-0.1, -0.05) is 63.3 Å². The first-order valence-electron chi connectivity index (χ1n) is 11.9. The highest BCUT2D eigenvalue weighted by Crippen LogP contribution is 2.31. The Bertz CT molecular complexity index is 1040. The van der Waals surface area contributed by atoms with Crippen molar-refractivity contribution in [2.45, 2.75) is 77.2 Å². The number of hydrogen-bond donors (Lipinski definition) is 1. The zero-order valence-electron chi connectivity index (χ0n) is 18.8. The number of carbonyl (C=O) groups is 1. The minimum absolute atomic E-state index is 0.215. The summed E-state index contributed by atoms with van der Waals surface area (Å²) in [6, 6.07) is 9.82. The summed E-state index contributed by atoms with van der Waals surface area (Å²) in [5.41, 5.74) is 2.90. The number of unbranched alkanes of at least 4 members (excludes halogenated alkanes) is 2. The molecule has 1 aromatic carbocycles. The van der Waals surface area contributed by atoms with Crippen molar-refractivity contribution in [3.63, 3.8) is 0 Å². The molecule has 6 nitrogen and oxygen atoms in total. The molecule has 3 aromatic rings. The normalized spacial score (nSPS) is 14.5. The third kappa shape index (κ3) is 5.23. The summed E-state index contributed by atoms with van der Waals surface area (Å²) in [4.78, 5) is 20.4. The van der Waals surface area contributed by atoms with E-state index >= 15 is 0 Å². The van der Waals surface area contributed by atoms with Crippen molar-refractivity contribution in [1.82, 2.24) is 19.7 Å². The van der Waals surface area contributed by atoms with Gasteiger partial charge in [-0.05, 0) is 42.0 Å². The van der Waals surface area contributed by atoms with E-state index in [0.29, 0.717) is 18.0 Å². The van der Waals surface area contributed by atoms with Gasteiger partial charge in [0.25, 0.3) is 0 Å². The van der Waals surface area contributed by atoms with Crippen molar-refractivity contribution >= 4 is 5.97 Å². The Labute approximate surface area is 189 Å². The fraction of sp³-hybridized carbons (Fsp3) is 0.462. The fourth-order valence-corrected chi connectivity index (χ4v) is 4.55. The highest BCUT2D eigenvalue weighted by molar-refractivity contribution is 5.95. The number of hydrogen-bond acceptors (Lipinski definition) is 4. The monoisotopic (exact) mass is 432 g/mol. The first kappa shape index (κ1) is 22.2. The zero-order valence-corrected chi connectivity index (χ0v) is 18.8. The molecule has 1 aliphatic rings. The molecular formula is C26H32N4O2. The molecule has 0 bridgehead atoms. The van der Waals surface area contributed by atoms with Gasteiger partial charge in [-0.25, -0.2) is 14.5 Å². The standard InChI is InChI=1S/C26H32N4O2/c1-2-3-5-10-24-28-25(21-8-6-4-7-9-21)29-30(24)18-19-11-13-20(14-12-19)22-15-16-27-17-23(22)26(31)32/h11-17,21H,2-10,18H2,1H3,(H,31,32). The summed E-state index contributed by atoms with van der Waals surface area (Å²) in [7, 11) is 0. The van der Waals surface area contributed by atoms with Crippen LogP contribution in [0.5, 0.6) is 0 Å². The molecule has 168 valence electrons. The van der Waals surface area contributed by atoms with Gasteiger partial charge in [0.2, 0.25) is 0 Å². The molecule has 0 spiro atoms. The van der Waals surface area contributed by atoms with Crippen molar-refractivity contribution in [2.24, 2.45) is 0 Å². The Morgan fingerprint density at radius 3 is 2.59 bits per heavy atom. The summed E-state index contributed by atoms with van der Waals surface area (Å²) in [6.45, 7) is 2.90. The summed E-state index contributed by atoms with van der Waals surface area (Å²) in [5, 5.41) is 14.4. The number of pyridine rings is 1. The lowest BCUT2D eigenvalue weighted by Crippen LogP contribution is -2.09. The van der Waals surface area contributed by atoms with Gasteiger partial charge in [-0.15, -0.1) is 0 Å². The highest BCUT2D eigenvalue weighted by atomic mass is 16.4. The van der Waals surface area contributed by atoms with Crippen molar-refractivity contribution in [1.29, 1.82) is 0 Å². The summed E-state index contributed by atoms with van der Waals surface area (Å²) in [6.07, 6.45) is 13.8. The van der Waals surface area contributed by atoms with E-state index in [2.05, 4.69) is 28.7 Å². The third-order valence-corrected chi connectivity index (χ3v) is 6.39. The van der Waals surface area contributed by atoms with Gasteiger partial charge < -0.3 is 5.11 Å². The van der Waals surface area contributed by atoms with Crippen LogP contribution in [0.15, 0.2) is 42.7 Å². The van der Waals surface area contributed by atoms with E-state index in [1.165, 1.54) is 51.1 Å². The smallest absolute Gasteiger partial charge is 0.337 e. The quantitative estimate of drug-likeness (QED) is 0.428. The van der Waals surface area contributed by atoms with Crippen LogP contribution in [0.3, 0.4) is 0 Å². The van der Waals surface area contributed by atoms with Crippen LogP contribution in [0.25, 0.3) is 11.1 Å². The maximum atomic E-state index is 11.5. The number of benzene rings is 1. The van der Waals surface area contributed by atoms with Crippen molar-refractivity contribution in [2.75, 3.05) is 0 Å². The average Bonchev–Trinajstić information content (AvgIpc) is 3.23. The maximum Gasteiger partial charge on any atom is 0.337 e. The lowest BCUT2D eigenvalue weighted by Gasteiger charge is -2.18. The van der Waals surface area contributed by atoms with Gasteiger partial charge in [-0.3, -0.25) is 4.98 Å². The highest BCUT2D eigenvalue weighted by Gasteiger charge is 2.21. The molecule has 1 N–H and O–H groups in total. The second kappa shape index (κ2) is 10.5. The maximum absolute atomic E-state index is 11.5. The minimum atomic E-state index is -0.966. The third-order valence-electron chi connectivity index (χ3n) is 6.39. The lowest BCUT2D eigenvalue weighted by molar-refractivity contribution is 0.0697. The number of carboxylic acid groups (broad SMARTS) is 1. The van der Waals surface area contributed by atoms with Gasteiger partial charge in [0.15, 0.2) is 5.82 Å². The van der Waals surface area contributed by atoms with Gasteiger partial charge in [0.05, 0.1) is 12.1 Å². The predicted octanol–water partition coefficient (Wildman–Crippen LogP) is 5.87. The zero-order chi connectivity index (χ0) is 22.3. The molecule has 4 rings (SSSR count). The van der Waals surface area contributed by atoms with Crippen LogP contribution in [-0.4, -0.2) is 30.8 Å². The number of rotatable bonds is 9. The number of aryl methyl sites for hydroxylation is 1. The Morgan fingerprint density at radius 1 is 1.09 bits per heavy atom. The molecule has 0 unspecified atom stereocenters. The second-order valence-electron chi connectivity index (χ2n) is 8.76. The molecule has 0 saturated heterocycles. The topological polar surface area (TPSA) is 80.9 Å². The Kier molecular flexibility index (Phi) is 7.30. The molecule has 6 heteroatoms. The van der Waals surface area contributed by atoms with Crippen molar-refractivity contribution < 1.29 is 9.90 Å². The minimum Gasteiger partial charge on any atom is -0.478 e. The van der Waals surface area contributed by atoms with E-state index in [-0.39, 0.29) is 5.56 Å². The second-order valence-corrected chi connectivity index (χ2v) is 8.76. The largest absolute Gasteiger partial charge is 0.478 e. The van der Waals surface area contributed by atoms with Crippen molar-refractivity contribution in [3.8, 4) is 11.1 Å². The molecule has 1 aliphatic carbocycles. The van der Waals surface area contributed by atoms with E-state index < -0.39 is 5.97 Å². The first-order chi connectivity index (χ1) is 15.7. The number of aromatic nitrogens is 4. The van der Waals surface area contributed by atoms with Crippen LogP contribution in [0.2, 0.25) is 0 Å². The van der Waals surface area contributed by atoms with E-state index in [4.69, 9.17) is 10.1 Å². The van der Waals surface area contributed by atoms with E-state index in [0.717, 1.165) is 35.6 Å². The molecule has 32 heavy (non-hydrogen) atoms. The molecule has 0 amide bonds. The predicted molar refractivity (Wildman–Crippen MR) is 125 cm³/mol. The summed E-state index contributed by atoms with van der Waals surface area (Å²) < 4.78 is 2.09. The number of nitrogens with zero attached hydrogens (tertiary/aromatic N) is 4. The molecule has 1 fully saturated rings. The molecular weight excluding hydrogens is 400 g/mol. The van der Waals surface area contributed by atoms with Gasteiger partial charge >= 0.3 is 5.97 Å². The van der Waals surface area contributed by atoms with E-state index in [1.54, 1.807) is 12.3 Å². The van der Waals surface area contributed by atoms with Gasteiger partial charge in [0, 0.05) is 24.7 Å². The molecule has 2 aromatic heterocycles. The first-order valence-corrected chi connectivity index (χ1v) is 11.9. The van der Waals surface area contributed by atoms with Crippen LogP contribution in [0.4, 0.5) is 0 Å². The fourth-order valence-electron chi connectivity index (χ4n) is 4.55. The van der Waals surface area contributed by atoms with Crippen LogP contribution in [0.1, 0.15) is 91.8 Å². The van der Waals surface area contributed by atoms with Crippen LogP contribution in [0, 0.1) is 0 Å². The number of aromatic carboxylic acids is 1. The van der Waals surface area contributed by atoms with Crippen LogP contribution >= 0.6 is 0 Å². The Morgan fingerprint density at radius 2 is 1.88 bits per heavy atom. The molecule has 0 radical (unpaired) electrons.